The topological polar surface area (TPSA) is 121 Å². The van der Waals surface area contributed by atoms with Gasteiger partial charge in [-0.3, -0.25) is 9.59 Å². The van der Waals surface area contributed by atoms with Gasteiger partial charge < -0.3 is 33.7 Å². The molecule has 0 aliphatic carbocycles. The lowest BCUT2D eigenvalue weighted by Crippen LogP contribution is -2.27. The number of nitrogens with zero attached hydrogens (tertiary/aromatic N) is 1. The first-order valence-electron chi connectivity index (χ1n) is 24.7. The lowest BCUT2D eigenvalue weighted by atomic mass is 9.90. The smallest absolute Gasteiger partial charge is 0.481 e. The summed E-state index contributed by atoms with van der Waals surface area (Å²) in [4.78, 5) is 40.2. The Kier molecular flexibility index (Phi) is 42.8. The quantitative estimate of drug-likeness (QED) is 0.0274. The molecule has 0 aromatic heterocycles. The van der Waals surface area contributed by atoms with E-state index in [-0.39, 0.29) is 32.7 Å². The lowest BCUT2D eigenvalue weighted by Gasteiger charge is -2.22. The molecule has 0 spiro atoms. The van der Waals surface area contributed by atoms with Gasteiger partial charge >= 0.3 is 18.1 Å². The fourth-order valence-corrected chi connectivity index (χ4v) is 7.09. The van der Waals surface area contributed by atoms with Gasteiger partial charge in [-0.05, 0) is 77.3 Å². The largest absolute Gasteiger partial charge is 0.508 e. The molecule has 0 saturated heterocycles. The van der Waals surface area contributed by atoms with Crippen LogP contribution in [0, 0.1) is 11.8 Å². The van der Waals surface area contributed by atoms with Crippen molar-refractivity contribution in [1.29, 1.82) is 0 Å². The summed E-state index contributed by atoms with van der Waals surface area (Å²) in [6.07, 6.45) is 34.5. The van der Waals surface area contributed by atoms with Gasteiger partial charge in [-0.15, -0.1) is 0 Å². The summed E-state index contributed by atoms with van der Waals surface area (Å²) in [5.41, 5.74) is 0. The average molecular weight is 852 g/mol. The highest BCUT2D eigenvalue weighted by atomic mass is 16.7. The molecule has 60 heavy (non-hydrogen) atoms. The summed E-state index contributed by atoms with van der Waals surface area (Å²) >= 11 is 0. The van der Waals surface area contributed by atoms with E-state index in [1.54, 1.807) is 0 Å². The number of rotatable bonds is 45. The van der Waals surface area contributed by atoms with Crippen LogP contribution in [0.3, 0.4) is 0 Å². The SMILES string of the molecule is CCCCC/C=C\C/C=C\CCCCCCC(CC(COC(=O)CCC(OCCCCCCCC)OCCCCCCCC)COC(=O)OCCCN(CC)CC)C(=O)O. The van der Waals surface area contributed by atoms with Crippen LogP contribution in [0.15, 0.2) is 24.3 Å². The Labute approximate surface area is 368 Å². The molecule has 0 aliphatic heterocycles. The lowest BCUT2D eigenvalue weighted by molar-refractivity contribution is -0.160. The van der Waals surface area contributed by atoms with E-state index >= 15 is 0 Å². The molecular weight excluding hydrogens is 759 g/mol. The maximum absolute atomic E-state index is 13.1. The van der Waals surface area contributed by atoms with Crippen molar-refractivity contribution < 1.29 is 43.2 Å². The van der Waals surface area contributed by atoms with E-state index in [0.717, 1.165) is 90.3 Å². The molecule has 0 heterocycles. The van der Waals surface area contributed by atoms with Crippen molar-refractivity contribution in [2.75, 3.05) is 52.7 Å². The van der Waals surface area contributed by atoms with Crippen molar-refractivity contribution in [3.63, 3.8) is 0 Å². The molecule has 2 unspecified atom stereocenters. The second-order valence-corrected chi connectivity index (χ2v) is 16.5. The van der Waals surface area contributed by atoms with Crippen LogP contribution in [0.2, 0.25) is 0 Å². The summed E-state index contributed by atoms with van der Waals surface area (Å²) in [7, 11) is 0. The maximum Gasteiger partial charge on any atom is 0.508 e. The van der Waals surface area contributed by atoms with Gasteiger partial charge in [0.05, 0.1) is 25.6 Å². The van der Waals surface area contributed by atoms with E-state index in [1.807, 2.05) is 0 Å². The molecule has 352 valence electrons. The summed E-state index contributed by atoms with van der Waals surface area (Å²) in [6, 6.07) is 0. The van der Waals surface area contributed by atoms with E-state index < -0.39 is 36.2 Å². The summed E-state index contributed by atoms with van der Waals surface area (Å²) in [5.74, 6) is -2.41. The first-order valence-corrected chi connectivity index (χ1v) is 24.7. The van der Waals surface area contributed by atoms with Crippen molar-refractivity contribution in [2.45, 2.75) is 214 Å². The summed E-state index contributed by atoms with van der Waals surface area (Å²) in [5, 5.41) is 10.2. The second kappa shape index (κ2) is 44.6. The first kappa shape index (κ1) is 57.6. The highest BCUT2D eigenvalue weighted by Crippen LogP contribution is 2.22. The van der Waals surface area contributed by atoms with Gasteiger partial charge in [0.1, 0.15) is 6.61 Å². The van der Waals surface area contributed by atoms with Crippen molar-refractivity contribution >= 4 is 18.1 Å². The Balaban J connectivity index is 5.14. The van der Waals surface area contributed by atoms with Crippen molar-refractivity contribution in [1.82, 2.24) is 4.90 Å². The Bertz CT molecular complexity index is 1010. The van der Waals surface area contributed by atoms with Crippen LogP contribution in [0.25, 0.3) is 0 Å². The van der Waals surface area contributed by atoms with Gasteiger partial charge in [-0.2, -0.15) is 0 Å². The van der Waals surface area contributed by atoms with Crippen LogP contribution in [0.4, 0.5) is 4.79 Å². The van der Waals surface area contributed by atoms with Crippen LogP contribution >= 0.6 is 0 Å². The summed E-state index contributed by atoms with van der Waals surface area (Å²) in [6.45, 7) is 14.8. The minimum atomic E-state index is -0.885. The Morgan fingerprint density at radius 3 is 1.65 bits per heavy atom. The monoisotopic (exact) mass is 852 g/mol. The van der Waals surface area contributed by atoms with E-state index in [9.17, 15) is 19.5 Å². The van der Waals surface area contributed by atoms with E-state index in [0.29, 0.717) is 32.5 Å². The number of allylic oxidation sites excluding steroid dienone is 4. The highest BCUT2D eigenvalue weighted by Gasteiger charge is 2.25. The second-order valence-electron chi connectivity index (χ2n) is 16.5. The minimum absolute atomic E-state index is 0.0416. The zero-order chi connectivity index (χ0) is 44.2. The molecular formula is C50H93NO9. The first-order chi connectivity index (χ1) is 29.3. The Hall–Kier alpha value is -2.43. The van der Waals surface area contributed by atoms with Gasteiger partial charge in [0.15, 0.2) is 6.29 Å². The van der Waals surface area contributed by atoms with Crippen LogP contribution in [0.5, 0.6) is 0 Å². The number of carboxylic acid groups (broad SMARTS) is 1. The van der Waals surface area contributed by atoms with E-state index in [1.165, 1.54) is 70.6 Å². The van der Waals surface area contributed by atoms with Crippen LogP contribution in [-0.4, -0.2) is 87.1 Å². The number of carbonyl (C=O) groups is 3. The minimum Gasteiger partial charge on any atom is -0.481 e. The molecule has 10 nitrogen and oxygen atoms in total. The predicted octanol–water partition coefficient (Wildman–Crippen LogP) is 13.4. The molecule has 0 amide bonds. The van der Waals surface area contributed by atoms with Gasteiger partial charge in [0.25, 0.3) is 0 Å². The third-order valence-corrected chi connectivity index (χ3v) is 11.1. The molecule has 0 aromatic carbocycles. The van der Waals surface area contributed by atoms with Gasteiger partial charge in [0, 0.05) is 32.1 Å². The molecule has 0 bridgehead atoms. The summed E-state index contributed by atoms with van der Waals surface area (Å²) < 4.78 is 28.7. The van der Waals surface area contributed by atoms with E-state index in [2.05, 4.69) is 63.8 Å². The van der Waals surface area contributed by atoms with Crippen LogP contribution in [0.1, 0.15) is 208 Å². The number of carboxylic acids is 1. The standard InChI is InChI=1S/C50H93NO9/c1-6-11-14-17-20-21-22-23-24-25-26-27-28-31-35-46(49(53)54)42-45(44-60-50(55)58-41-34-38-51(9-4)10-5)43-59-47(52)36-37-48(56-39-32-29-18-15-12-7-2)57-40-33-30-19-16-13-8-3/h20-21,23-24,45-46,48H,6-19,22,25-44H2,1-5H3,(H,53,54)/b21-20-,24-23-. The van der Waals surface area contributed by atoms with Gasteiger partial charge in [-0.1, -0.05) is 155 Å². The number of ether oxygens (including phenoxy) is 5. The van der Waals surface area contributed by atoms with Crippen molar-refractivity contribution in [3.05, 3.63) is 24.3 Å². The molecule has 0 fully saturated rings. The van der Waals surface area contributed by atoms with E-state index in [4.69, 9.17) is 23.7 Å². The third-order valence-electron chi connectivity index (χ3n) is 11.1. The molecule has 0 saturated carbocycles. The number of unbranched alkanes of at least 4 members (excludes halogenated alkanes) is 17. The zero-order valence-electron chi connectivity index (χ0n) is 39.5. The highest BCUT2D eigenvalue weighted by molar-refractivity contribution is 5.70. The number of hydrogen-bond donors (Lipinski definition) is 1. The Morgan fingerprint density at radius 1 is 0.550 bits per heavy atom. The maximum atomic E-state index is 13.1. The number of aliphatic carboxylic acids is 1. The number of hydrogen-bond acceptors (Lipinski definition) is 9. The van der Waals surface area contributed by atoms with Crippen molar-refractivity contribution in [2.24, 2.45) is 11.8 Å². The average Bonchev–Trinajstić information content (AvgIpc) is 3.24. The molecule has 1 N–H and O–H groups in total. The molecule has 2 atom stereocenters. The zero-order valence-corrected chi connectivity index (χ0v) is 39.5. The third kappa shape index (κ3) is 38.5. The molecule has 0 rings (SSSR count). The van der Waals surface area contributed by atoms with Gasteiger partial charge in [-0.25, -0.2) is 4.79 Å². The fourth-order valence-electron chi connectivity index (χ4n) is 7.09. The van der Waals surface area contributed by atoms with Gasteiger partial charge in [0.2, 0.25) is 0 Å². The molecule has 0 radical (unpaired) electrons. The van der Waals surface area contributed by atoms with Crippen LogP contribution < -0.4 is 0 Å². The Morgan fingerprint density at radius 2 is 1.07 bits per heavy atom. The molecule has 0 aliphatic rings. The van der Waals surface area contributed by atoms with Crippen LogP contribution in [-0.2, 0) is 33.3 Å². The molecule has 0 aromatic rings. The predicted molar refractivity (Wildman–Crippen MR) is 246 cm³/mol. The number of esters is 1. The molecule has 10 heteroatoms. The van der Waals surface area contributed by atoms with Crippen molar-refractivity contribution in [3.8, 4) is 0 Å². The number of carbonyl (C=O) groups excluding carboxylic acids is 2. The fraction of sp³-hybridized carbons (Fsp3) is 0.860. The normalized spacial score (nSPS) is 12.8.